The Balaban J connectivity index is 2.55. The summed E-state index contributed by atoms with van der Waals surface area (Å²) < 4.78 is 22.7. The number of nitrogens with one attached hydrogen (secondary N) is 1. The van der Waals surface area contributed by atoms with Crippen molar-refractivity contribution < 1.29 is 59.0 Å². The van der Waals surface area contributed by atoms with E-state index < -0.39 is 75.2 Å². The second kappa shape index (κ2) is 30.0. The summed E-state index contributed by atoms with van der Waals surface area (Å²) in [5.74, 6) is -0.573. The van der Waals surface area contributed by atoms with Crippen molar-refractivity contribution >= 4 is 13.7 Å². The molecule has 8 unspecified atom stereocenters. The van der Waals surface area contributed by atoms with Crippen LogP contribution in [-0.4, -0.2) is 108 Å². The Bertz CT molecular complexity index is 1020. The fraction of sp³-hybridized carbons (Fsp3) is 0.872. The van der Waals surface area contributed by atoms with Crippen LogP contribution < -0.4 is 5.32 Å². The van der Waals surface area contributed by atoms with Crippen molar-refractivity contribution in [2.24, 2.45) is 0 Å². The number of hydrogen-bond donors (Lipinski definition) is 9. The first kappa shape index (κ1) is 49.8. The summed E-state index contributed by atoms with van der Waals surface area (Å²) in [5.41, 5.74) is 0. The van der Waals surface area contributed by atoms with Crippen LogP contribution in [0.5, 0.6) is 0 Å². The highest BCUT2D eigenvalue weighted by molar-refractivity contribution is 7.47. The van der Waals surface area contributed by atoms with Gasteiger partial charge in [-0.2, -0.15) is 0 Å². The lowest BCUT2D eigenvalue weighted by Gasteiger charge is -2.41. The zero-order valence-corrected chi connectivity index (χ0v) is 33.3. The van der Waals surface area contributed by atoms with Crippen molar-refractivity contribution in [1.29, 1.82) is 0 Å². The Hall–Kier alpha value is -1.22. The maximum atomic E-state index is 12.9. The highest BCUT2D eigenvalue weighted by Crippen LogP contribution is 2.47. The molecule has 8 atom stereocenters. The van der Waals surface area contributed by atoms with Crippen molar-refractivity contribution in [3.05, 3.63) is 24.3 Å². The lowest BCUT2D eigenvalue weighted by atomic mass is 9.85. The third-order valence-electron chi connectivity index (χ3n) is 9.82. The molecule has 0 radical (unpaired) electrons. The number of carbonyl (C=O) groups excluding carboxylic acids is 1. The lowest BCUT2D eigenvalue weighted by molar-refractivity contribution is -0.220. The summed E-state index contributed by atoms with van der Waals surface area (Å²) in [4.78, 5) is 23.3. The van der Waals surface area contributed by atoms with Gasteiger partial charge in [0.25, 0.3) is 0 Å². The van der Waals surface area contributed by atoms with Gasteiger partial charge in [-0.3, -0.25) is 13.8 Å². The summed E-state index contributed by atoms with van der Waals surface area (Å²) in [6, 6.07) is -1.15. The zero-order chi connectivity index (χ0) is 39.5. The molecule has 0 spiro atoms. The number of phosphoric ester groups is 1. The third kappa shape index (κ3) is 22.8. The van der Waals surface area contributed by atoms with Crippen molar-refractivity contribution in [2.75, 3.05) is 6.61 Å². The SMILES string of the molecule is CCCCC/C=C\C/C=C\CCCCCCCC(O)CC(=O)NC(COP(=O)(O)OC1C(O)C(O)C(O)C(O)C1O)C(O)CCCCCCCCCC. The van der Waals surface area contributed by atoms with E-state index in [1.807, 2.05) is 0 Å². The Labute approximate surface area is 318 Å². The predicted molar refractivity (Wildman–Crippen MR) is 206 cm³/mol. The fourth-order valence-corrected chi connectivity index (χ4v) is 7.36. The number of aliphatic hydroxyl groups is 7. The molecule has 0 aromatic heterocycles. The zero-order valence-electron chi connectivity index (χ0n) is 32.4. The molecule has 14 heteroatoms. The predicted octanol–water partition coefficient (Wildman–Crippen LogP) is 5.25. The smallest absolute Gasteiger partial charge is 0.393 e. The molecule has 312 valence electrons. The van der Waals surface area contributed by atoms with Gasteiger partial charge in [0.15, 0.2) is 0 Å². The van der Waals surface area contributed by atoms with Crippen molar-refractivity contribution in [3.63, 3.8) is 0 Å². The molecule has 1 amide bonds. The van der Waals surface area contributed by atoms with Gasteiger partial charge < -0.3 is 46.0 Å². The largest absolute Gasteiger partial charge is 0.472 e. The van der Waals surface area contributed by atoms with Crippen LogP contribution in [0.4, 0.5) is 0 Å². The van der Waals surface area contributed by atoms with Crippen LogP contribution >= 0.6 is 7.82 Å². The standard InChI is InChI=1S/C39H74NO12P/c1-3-5-7-9-11-13-14-15-16-17-18-19-20-22-24-26-30(41)28-33(43)40-31(32(42)27-25-23-21-12-10-8-6-4-2)29-51-53(49,50)52-39-37(47)35(45)34(44)36(46)38(39)48/h11,13,15-16,30-32,34-39,41-42,44-48H,3-10,12,14,17-29H2,1-2H3,(H,40,43)(H,49,50)/b13-11-,16-15-. The molecule has 1 fully saturated rings. The van der Waals surface area contributed by atoms with Crippen LogP contribution in [0.2, 0.25) is 0 Å². The van der Waals surface area contributed by atoms with Gasteiger partial charge in [0.2, 0.25) is 5.91 Å². The van der Waals surface area contributed by atoms with Gasteiger partial charge in [0.05, 0.1) is 31.3 Å². The maximum absolute atomic E-state index is 12.9. The summed E-state index contributed by atoms with van der Waals surface area (Å²) >= 11 is 0. The minimum absolute atomic E-state index is 0.231. The first-order valence-electron chi connectivity index (χ1n) is 20.4. The van der Waals surface area contributed by atoms with E-state index in [1.165, 1.54) is 32.1 Å². The molecule has 0 bridgehead atoms. The molecule has 1 saturated carbocycles. The highest BCUT2D eigenvalue weighted by Gasteiger charge is 2.51. The van der Waals surface area contributed by atoms with Crippen LogP contribution in [0.3, 0.4) is 0 Å². The van der Waals surface area contributed by atoms with Gasteiger partial charge in [-0.05, 0) is 44.9 Å². The number of rotatable bonds is 32. The van der Waals surface area contributed by atoms with E-state index in [0.29, 0.717) is 12.8 Å². The molecular weight excluding hydrogens is 705 g/mol. The van der Waals surface area contributed by atoms with Crippen LogP contribution in [0.1, 0.15) is 155 Å². The van der Waals surface area contributed by atoms with E-state index in [1.54, 1.807) is 0 Å². The minimum Gasteiger partial charge on any atom is -0.393 e. The van der Waals surface area contributed by atoms with E-state index >= 15 is 0 Å². The molecule has 0 aromatic rings. The number of allylic oxidation sites excluding steroid dienone is 4. The Morgan fingerprint density at radius 3 is 1.68 bits per heavy atom. The second-order valence-electron chi connectivity index (χ2n) is 14.7. The van der Waals surface area contributed by atoms with E-state index in [2.05, 4.69) is 43.5 Å². The van der Waals surface area contributed by atoms with E-state index in [0.717, 1.165) is 83.5 Å². The molecule has 1 rings (SSSR count). The summed E-state index contributed by atoms with van der Waals surface area (Å²) in [5, 5.41) is 74.1. The normalized spacial score (nSPS) is 25.1. The average molecular weight is 780 g/mol. The number of phosphoric acid groups is 1. The van der Waals surface area contributed by atoms with Gasteiger partial charge in [0.1, 0.15) is 36.6 Å². The molecule has 53 heavy (non-hydrogen) atoms. The fourth-order valence-electron chi connectivity index (χ4n) is 6.39. The molecule has 13 nitrogen and oxygen atoms in total. The molecule has 0 aromatic carbocycles. The van der Waals surface area contributed by atoms with E-state index in [4.69, 9.17) is 9.05 Å². The van der Waals surface area contributed by atoms with Crippen LogP contribution in [0.15, 0.2) is 24.3 Å². The number of hydrogen-bond acceptors (Lipinski definition) is 11. The third-order valence-corrected chi connectivity index (χ3v) is 10.8. The summed E-state index contributed by atoms with van der Waals surface area (Å²) in [6.45, 7) is 3.68. The van der Waals surface area contributed by atoms with Crippen molar-refractivity contribution in [3.8, 4) is 0 Å². The molecular formula is C39H74NO12P. The van der Waals surface area contributed by atoms with Gasteiger partial charge in [0, 0.05) is 0 Å². The number of unbranched alkanes of at least 4 members (excludes halogenated alkanes) is 15. The molecule has 1 aliphatic carbocycles. The number of aliphatic hydroxyl groups excluding tert-OH is 7. The summed E-state index contributed by atoms with van der Waals surface area (Å²) in [6.07, 6.45) is 15.5. The first-order valence-corrected chi connectivity index (χ1v) is 21.9. The van der Waals surface area contributed by atoms with Crippen molar-refractivity contribution in [1.82, 2.24) is 5.32 Å². The quantitative estimate of drug-likeness (QED) is 0.0243. The first-order chi connectivity index (χ1) is 25.3. The Morgan fingerprint density at radius 1 is 0.660 bits per heavy atom. The number of carbonyl (C=O) groups is 1. The lowest BCUT2D eigenvalue weighted by Crippen LogP contribution is -2.64. The van der Waals surface area contributed by atoms with Gasteiger partial charge in [-0.25, -0.2) is 4.57 Å². The van der Waals surface area contributed by atoms with E-state index in [-0.39, 0.29) is 12.8 Å². The molecule has 0 heterocycles. The molecule has 1 aliphatic rings. The van der Waals surface area contributed by atoms with Gasteiger partial charge in [-0.1, -0.05) is 128 Å². The second-order valence-corrected chi connectivity index (χ2v) is 16.1. The van der Waals surface area contributed by atoms with Crippen LogP contribution in [0, 0.1) is 0 Å². The van der Waals surface area contributed by atoms with Gasteiger partial charge in [-0.15, -0.1) is 0 Å². The molecule has 0 aliphatic heterocycles. The summed E-state index contributed by atoms with van der Waals surface area (Å²) in [7, 11) is -5.11. The van der Waals surface area contributed by atoms with E-state index in [9.17, 15) is 50.0 Å². The van der Waals surface area contributed by atoms with Crippen molar-refractivity contribution in [2.45, 2.75) is 210 Å². The Morgan fingerprint density at radius 2 is 1.11 bits per heavy atom. The molecule has 9 N–H and O–H groups in total. The van der Waals surface area contributed by atoms with Gasteiger partial charge >= 0.3 is 7.82 Å². The monoisotopic (exact) mass is 779 g/mol. The molecule has 0 saturated heterocycles. The number of amides is 1. The topological polar surface area (TPSA) is 226 Å². The maximum Gasteiger partial charge on any atom is 0.472 e. The Kier molecular flexibility index (Phi) is 28.2. The highest BCUT2D eigenvalue weighted by atomic mass is 31.2. The van der Waals surface area contributed by atoms with Crippen LogP contribution in [0.25, 0.3) is 0 Å². The average Bonchev–Trinajstić information content (AvgIpc) is 3.12. The minimum atomic E-state index is -5.11. The van der Waals surface area contributed by atoms with Crippen LogP contribution in [-0.2, 0) is 18.4 Å².